The standard InChI is InChI=1S/C36H56N16/c37-15-7-19-41-31-45-32(42-20-8-16-38)48-35(47-31)51-26-30(24-28-13-5-2-6-14-28)52(25-29(51)23-27-11-3-1-4-12-27)36-49-33(43-21-9-17-39)46-34(50-36)44-22-10-18-40/h1-6,11-14,29-30H,7-10,15-26,37-40H2,(H2,41,42,45,47,48)(H2,43,44,46,49,50). The van der Waals surface area contributed by atoms with Gasteiger partial charge >= 0.3 is 0 Å². The molecular formula is C36H56N16. The monoisotopic (exact) mass is 712 g/mol. The maximum atomic E-state index is 5.80. The molecule has 16 nitrogen and oxygen atoms in total. The molecule has 0 amide bonds. The second kappa shape index (κ2) is 20.8. The molecule has 4 aromatic rings. The van der Waals surface area contributed by atoms with Gasteiger partial charge in [-0.25, -0.2) is 0 Å². The highest BCUT2D eigenvalue weighted by molar-refractivity contribution is 5.51. The van der Waals surface area contributed by atoms with Gasteiger partial charge in [-0.3, -0.25) is 0 Å². The van der Waals surface area contributed by atoms with Crippen molar-refractivity contribution in [1.29, 1.82) is 0 Å². The Morgan fingerprint density at radius 3 is 1.06 bits per heavy atom. The fourth-order valence-corrected chi connectivity index (χ4v) is 6.07. The van der Waals surface area contributed by atoms with Crippen LogP contribution in [0.15, 0.2) is 60.7 Å². The molecule has 1 aliphatic heterocycles. The summed E-state index contributed by atoms with van der Waals surface area (Å²) in [6.45, 7) is 6.12. The molecule has 16 heteroatoms. The molecular weight excluding hydrogens is 657 g/mol. The average Bonchev–Trinajstić information content (AvgIpc) is 3.16. The molecule has 3 heterocycles. The number of nitrogens with zero attached hydrogens (tertiary/aromatic N) is 8. The molecule has 0 saturated carbocycles. The number of aromatic nitrogens is 6. The number of rotatable bonds is 22. The summed E-state index contributed by atoms with van der Waals surface area (Å²) in [5.74, 6) is 3.23. The number of hydrogen-bond donors (Lipinski definition) is 8. The number of hydrogen-bond acceptors (Lipinski definition) is 16. The van der Waals surface area contributed by atoms with Gasteiger partial charge in [0.15, 0.2) is 0 Å². The summed E-state index contributed by atoms with van der Waals surface area (Å²) >= 11 is 0. The van der Waals surface area contributed by atoms with Crippen LogP contribution >= 0.6 is 0 Å². The quantitative estimate of drug-likeness (QED) is 0.0541. The Morgan fingerprint density at radius 2 is 0.769 bits per heavy atom. The van der Waals surface area contributed by atoms with E-state index < -0.39 is 0 Å². The Labute approximate surface area is 307 Å². The first-order valence-corrected chi connectivity index (χ1v) is 18.5. The van der Waals surface area contributed by atoms with E-state index in [-0.39, 0.29) is 12.1 Å². The molecule has 2 atom stereocenters. The SMILES string of the molecule is NCCCNc1nc(NCCCN)nc(N2CC(Cc3ccccc3)N(c3nc(NCCCN)nc(NCCCN)n3)CC2Cc2ccccc2)n1. The number of nitrogens with one attached hydrogen (secondary N) is 4. The van der Waals surface area contributed by atoms with E-state index in [9.17, 15) is 0 Å². The first kappa shape index (κ1) is 38.3. The van der Waals surface area contributed by atoms with Crippen LogP contribution in [-0.2, 0) is 12.8 Å². The van der Waals surface area contributed by atoms with Crippen molar-refractivity contribution < 1.29 is 0 Å². The van der Waals surface area contributed by atoms with E-state index in [1.165, 1.54) is 11.1 Å². The summed E-state index contributed by atoms with van der Waals surface area (Å²) in [5, 5.41) is 13.4. The van der Waals surface area contributed by atoms with Gasteiger partial charge in [0.05, 0.1) is 12.1 Å². The van der Waals surface area contributed by atoms with Crippen LogP contribution in [0, 0.1) is 0 Å². The van der Waals surface area contributed by atoms with Crippen molar-refractivity contribution in [1.82, 2.24) is 29.9 Å². The molecule has 2 aromatic carbocycles. The summed E-state index contributed by atoms with van der Waals surface area (Å²) in [7, 11) is 0. The Bertz CT molecular complexity index is 1420. The summed E-state index contributed by atoms with van der Waals surface area (Å²) in [6, 6.07) is 20.9. The fourth-order valence-electron chi connectivity index (χ4n) is 6.07. The van der Waals surface area contributed by atoms with E-state index >= 15 is 0 Å². The second-order valence-electron chi connectivity index (χ2n) is 12.8. The lowest BCUT2D eigenvalue weighted by molar-refractivity contribution is 0.427. The van der Waals surface area contributed by atoms with Crippen LogP contribution in [0.2, 0.25) is 0 Å². The van der Waals surface area contributed by atoms with Gasteiger partial charge in [0.2, 0.25) is 35.7 Å². The molecule has 5 rings (SSSR count). The molecule has 1 aliphatic rings. The Morgan fingerprint density at radius 1 is 0.462 bits per heavy atom. The molecule has 12 N–H and O–H groups in total. The van der Waals surface area contributed by atoms with Crippen molar-refractivity contribution in [3.05, 3.63) is 71.8 Å². The van der Waals surface area contributed by atoms with Gasteiger partial charge in [0.25, 0.3) is 0 Å². The van der Waals surface area contributed by atoms with Crippen LogP contribution in [0.25, 0.3) is 0 Å². The van der Waals surface area contributed by atoms with Crippen LogP contribution in [-0.4, -0.2) is 107 Å². The van der Waals surface area contributed by atoms with E-state index in [0.717, 1.165) is 38.5 Å². The largest absolute Gasteiger partial charge is 0.354 e. The van der Waals surface area contributed by atoms with Crippen LogP contribution in [0.3, 0.4) is 0 Å². The highest BCUT2D eigenvalue weighted by Gasteiger charge is 2.37. The molecule has 0 aliphatic carbocycles. The van der Waals surface area contributed by atoms with E-state index in [4.69, 9.17) is 52.8 Å². The number of nitrogens with two attached hydrogens (primary N) is 4. The Hall–Kier alpha value is -4.90. The molecule has 0 radical (unpaired) electrons. The molecule has 2 unspecified atom stereocenters. The van der Waals surface area contributed by atoms with E-state index in [0.29, 0.717) is 101 Å². The summed E-state index contributed by atoms with van der Waals surface area (Å²) in [4.78, 5) is 34.0. The van der Waals surface area contributed by atoms with Crippen molar-refractivity contribution in [3.63, 3.8) is 0 Å². The predicted molar refractivity (Wildman–Crippen MR) is 211 cm³/mol. The lowest BCUT2D eigenvalue weighted by Crippen LogP contribution is -2.61. The van der Waals surface area contributed by atoms with Gasteiger partial charge in [-0.2, -0.15) is 29.9 Å². The molecule has 0 bridgehead atoms. The van der Waals surface area contributed by atoms with Gasteiger partial charge in [0, 0.05) is 39.3 Å². The third-order valence-corrected chi connectivity index (χ3v) is 8.74. The van der Waals surface area contributed by atoms with Crippen LogP contribution in [0.5, 0.6) is 0 Å². The molecule has 2 aromatic heterocycles. The lowest BCUT2D eigenvalue weighted by Gasteiger charge is -2.46. The first-order valence-electron chi connectivity index (χ1n) is 18.5. The zero-order chi connectivity index (χ0) is 36.4. The number of benzene rings is 2. The normalized spacial score (nSPS) is 15.8. The highest BCUT2D eigenvalue weighted by atomic mass is 15.4. The Kier molecular flexibility index (Phi) is 15.4. The molecule has 1 saturated heterocycles. The first-order chi connectivity index (χ1) is 25.6. The van der Waals surface area contributed by atoms with Gasteiger partial charge in [-0.05, 0) is 75.8 Å². The third-order valence-electron chi connectivity index (χ3n) is 8.74. The van der Waals surface area contributed by atoms with Crippen molar-refractivity contribution in [3.8, 4) is 0 Å². The third kappa shape index (κ3) is 11.6. The topological polar surface area (TPSA) is 236 Å². The zero-order valence-corrected chi connectivity index (χ0v) is 30.1. The number of piperazine rings is 1. The summed E-state index contributed by atoms with van der Waals surface area (Å²) in [6.07, 6.45) is 4.68. The van der Waals surface area contributed by atoms with E-state index in [2.05, 4.69) is 79.6 Å². The van der Waals surface area contributed by atoms with Gasteiger partial charge in [-0.1, -0.05) is 60.7 Å². The minimum atomic E-state index is -0.0373. The average molecular weight is 713 g/mol. The molecule has 1 fully saturated rings. The number of anilines is 6. The fraction of sp³-hybridized carbons (Fsp3) is 0.500. The molecule has 0 spiro atoms. The minimum Gasteiger partial charge on any atom is -0.354 e. The van der Waals surface area contributed by atoms with Crippen LogP contribution < -0.4 is 54.0 Å². The maximum absolute atomic E-state index is 5.80. The maximum Gasteiger partial charge on any atom is 0.232 e. The van der Waals surface area contributed by atoms with Crippen molar-refractivity contribution in [2.75, 3.05) is 96.5 Å². The minimum absolute atomic E-state index is 0.0373. The van der Waals surface area contributed by atoms with E-state index in [1.54, 1.807) is 0 Å². The van der Waals surface area contributed by atoms with Gasteiger partial charge in [-0.15, -0.1) is 0 Å². The summed E-state index contributed by atoms with van der Waals surface area (Å²) in [5.41, 5.74) is 25.6. The zero-order valence-electron chi connectivity index (χ0n) is 30.1. The van der Waals surface area contributed by atoms with Crippen LogP contribution in [0.1, 0.15) is 36.8 Å². The molecule has 52 heavy (non-hydrogen) atoms. The van der Waals surface area contributed by atoms with Gasteiger partial charge < -0.3 is 54.0 Å². The van der Waals surface area contributed by atoms with Crippen molar-refractivity contribution in [2.24, 2.45) is 22.9 Å². The summed E-state index contributed by atoms with van der Waals surface area (Å²) < 4.78 is 0. The molecule has 280 valence electrons. The lowest BCUT2D eigenvalue weighted by atomic mass is 9.96. The Balaban J connectivity index is 1.57. The highest BCUT2D eigenvalue weighted by Crippen LogP contribution is 2.29. The van der Waals surface area contributed by atoms with E-state index in [1.807, 2.05) is 12.1 Å². The van der Waals surface area contributed by atoms with Gasteiger partial charge in [0.1, 0.15) is 0 Å². The van der Waals surface area contributed by atoms with Crippen LogP contribution in [0.4, 0.5) is 35.7 Å². The van der Waals surface area contributed by atoms with Crippen molar-refractivity contribution in [2.45, 2.75) is 50.6 Å². The van der Waals surface area contributed by atoms with Crippen molar-refractivity contribution >= 4 is 35.7 Å². The second-order valence-corrected chi connectivity index (χ2v) is 12.8. The smallest absolute Gasteiger partial charge is 0.232 e. The predicted octanol–water partition coefficient (Wildman–Crippen LogP) is 1.65.